The van der Waals surface area contributed by atoms with Crippen LogP contribution in [0.3, 0.4) is 0 Å². The topological polar surface area (TPSA) is 137 Å². The summed E-state index contributed by atoms with van der Waals surface area (Å²) < 4.78 is 14.2. The zero-order valence-electron chi connectivity index (χ0n) is 22.6. The first-order valence-corrected chi connectivity index (χ1v) is 13.4. The molecule has 1 aliphatic carbocycles. The lowest BCUT2D eigenvalue weighted by Gasteiger charge is -2.30. The van der Waals surface area contributed by atoms with Crippen molar-refractivity contribution in [2.24, 2.45) is 10.8 Å². The van der Waals surface area contributed by atoms with Crippen molar-refractivity contribution in [1.29, 1.82) is 0 Å². The number of primary amides is 1. The Hall–Kier alpha value is -4.51. The summed E-state index contributed by atoms with van der Waals surface area (Å²) in [6, 6.07) is 12.6. The van der Waals surface area contributed by atoms with E-state index in [0.29, 0.717) is 23.3 Å². The average Bonchev–Trinajstić information content (AvgIpc) is 3.30. The summed E-state index contributed by atoms with van der Waals surface area (Å²) in [5, 5.41) is 11.1. The first kappa shape index (κ1) is 29.5. The van der Waals surface area contributed by atoms with Crippen LogP contribution >= 0.6 is 11.6 Å². The number of carbonyl (C=O) groups excluding carboxylic acids is 4. The molecule has 0 fully saturated rings. The van der Waals surface area contributed by atoms with Crippen molar-refractivity contribution in [3.05, 3.63) is 88.2 Å². The minimum Gasteiger partial charge on any atom is -0.364 e. The molecular formula is C29H30ClFN6O4. The number of carbonyl (C=O) groups is 4. The molecule has 4 N–H and O–H groups in total. The van der Waals surface area contributed by atoms with E-state index in [4.69, 9.17) is 17.3 Å². The van der Waals surface area contributed by atoms with E-state index in [2.05, 4.69) is 15.7 Å². The second-order valence-corrected chi connectivity index (χ2v) is 10.3. The van der Waals surface area contributed by atoms with Crippen molar-refractivity contribution >= 4 is 46.6 Å². The summed E-state index contributed by atoms with van der Waals surface area (Å²) >= 11 is 5.80. The molecule has 0 saturated carbocycles. The van der Waals surface area contributed by atoms with Gasteiger partial charge in [-0.2, -0.15) is 5.10 Å². The number of anilines is 1. The van der Waals surface area contributed by atoms with Crippen LogP contribution in [-0.4, -0.2) is 64.4 Å². The Morgan fingerprint density at radius 3 is 2.56 bits per heavy atom. The van der Waals surface area contributed by atoms with Gasteiger partial charge in [0.05, 0.1) is 17.6 Å². The van der Waals surface area contributed by atoms with E-state index in [1.807, 2.05) is 6.07 Å². The lowest BCUT2D eigenvalue weighted by Crippen LogP contribution is -2.48. The molecule has 2 aromatic rings. The number of fused-ring (bicyclic) bond motifs is 1. The first-order chi connectivity index (χ1) is 19.5. The molecule has 2 aromatic carbocycles. The van der Waals surface area contributed by atoms with Crippen LogP contribution in [0.4, 0.5) is 10.1 Å². The fourth-order valence-corrected chi connectivity index (χ4v) is 4.74. The number of nitrogens with two attached hydrogens (primary N) is 1. The fourth-order valence-electron chi connectivity index (χ4n) is 4.55. The van der Waals surface area contributed by atoms with Crippen molar-refractivity contribution in [3.63, 3.8) is 0 Å². The van der Waals surface area contributed by atoms with Gasteiger partial charge in [-0.15, -0.1) is 0 Å². The van der Waals surface area contributed by atoms with Crippen molar-refractivity contribution in [2.75, 3.05) is 18.4 Å². The monoisotopic (exact) mass is 580 g/mol. The van der Waals surface area contributed by atoms with Crippen LogP contribution in [0.5, 0.6) is 0 Å². The fraction of sp³-hybridized carbons (Fsp3) is 0.276. The number of rotatable bonds is 10. The van der Waals surface area contributed by atoms with Gasteiger partial charge < -0.3 is 21.3 Å². The summed E-state index contributed by atoms with van der Waals surface area (Å²) in [6.07, 6.45) is 3.58. The first-order valence-electron chi connectivity index (χ1n) is 13.0. The molecule has 0 bridgehead atoms. The summed E-state index contributed by atoms with van der Waals surface area (Å²) in [6.45, 7) is 2.93. The molecule has 1 unspecified atom stereocenters. The van der Waals surface area contributed by atoms with E-state index < -0.39 is 29.6 Å². The van der Waals surface area contributed by atoms with Gasteiger partial charge in [0.15, 0.2) is 5.71 Å². The third kappa shape index (κ3) is 6.98. The summed E-state index contributed by atoms with van der Waals surface area (Å²) in [5.41, 5.74) is 7.19. The lowest BCUT2D eigenvalue weighted by atomic mass is 9.91. The van der Waals surface area contributed by atoms with E-state index in [9.17, 15) is 23.6 Å². The molecule has 0 saturated heterocycles. The Morgan fingerprint density at radius 2 is 1.88 bits per heavy atom. The highest BCUT2D eigenvalue weighted by Gasteiger charge is 2.38. The molecule has 4 rings (SSSR count). The Labute approximate surface area is 241 Å². The molecule has 41 heavy (non-hydrogen) atoms. The van der Waals surface area contributed by atoms with Crippen molar-refractivity contribution < 1.29 is 23.6 Å². The Kier molecular flexibility index (Phi) is 9.18. The second-order valence-electron chi connectivity index (χ2n) is 9.85. The van der Waals surface area contributed by atoms with Crippen LogP contribution in [0.25, 0.3) is 0 Å². The molecule has 1 heterocycles. The van der Waals surface area contributed by atoms with Gasteiger partial charge in [0.25, 0.3) is 11.8 Å². The number of nitrogens with one attached hydrogen (secondary N) is 2. The largest absolute Gasteiger partial charge is 0.364 e. The van der Waals surface area contributed by atoms with Gasteiger partial charge in [-0.05, 0) is 44.5 Å². The highest BCUT2D eigenvalue weighted by atomic mass is 35.5. The van der Waals surface area contributed by atoms with Gasteiger partial charge in [0.2, 0.25) is 11.8 Å². The number of nitrogens with zero attached hydrogens (tertiary/aromatic N) is 3. The number of hydrogen-bond acceptors (Lipinski definition) is 6. The maximum absolute atomic E-state index is 14.2. The number of para-hydroxylation sites is 1. The van der Waals surface area contributed by atoms with Crippen molar-refractivity contribution in [1.82, 2.24) is 15.2 Å². The molecule has 1 aliphatic heterocycles. The number of hydrogen-bond donors (Lipinski definition) is 3. The van der Waals surface area contributed by atoms with Crippen LogP contribution in [0.2, 0.25) is 5.02 Å². The van der Waals surface area contributed by atoms with Crippen LogP contribution in [-0.2, 0) is 25.7 Å². The Morgan fingerprint density at radius 1 is 1.15 bits per heavy atom. The number of amides is 4. The normalized spacial score (nSPS) is 15.9. The summed E-state index contributed by atoms with van der Waals surface area (Å²) in [7, 11) is 0. The maximum atomic E-state index is 14.2. The quantitative estimate of drug-likeness (QED) is 0.397. The van der Waals surface area contributed by atoms with Gasteiger partial charge >= 0.3 is 0 Å². The molecule has 0 spiro atoms. The number of halogens is 2. The highest BCUT2D eigenvalue weighted by molar-refractivity contribution is 6.46. The standard InChI is InChI=1S/C29H30ClFN6O4/c1-17(2)36(15-24(38)33-14-19-7-6-10-22(30)26(19)31)25(39)16-37-23-12-11-18(13-21(23)27(35-37)28(32)40)29(41)34-20-8-4-3-5-9-20/h3-11,13,17,23H,12,14-16H2,1-2H3,(H2,32,40)(H,33,38)(H,34,41). The summed E-state index contributed by atoms with van der Waals surface area (Å²) in [4.78, 5) is 52.3. The van der Waals surface area contributed by atoms with Crippen molar-refractivity contribution in [2.45, 2.75) is 38.9 Å². The predicted molar refractivity (Wildman–Crippen MR) is 153 cm³/mol. The number of hydrazone groups is 1. The SMILES string of the molecule is CC(C)N(CC(=O)NCc1cccc(Cl)c1F)C(=O)CN1N=C(C(N)=O)C2=CC(C(=O)Nc3ccccc3)=CCC21. The molecule has 2 aliphatic rings. The molecule has 10 nitrogen and oxygen atoms in total. The Bertz CT molecular complexity index is 1460. The van der Waals surface area contributed by atoms with E-state index in [0.717, 1.165) is 0 Å². The molecule has 0 radical (unpaired) electrons. The number of benzene rings is 2. The zero-order chi connectivity index (χ0) is 29.7. The van der Waals surface area contributed by atoms with E-state index >= 15 is 0 Å². The van der Waals surface area contributed by atoms with Gasteiger partial charge in [-0.25, -0.2) is 4.39 Å². The molecular weight excluding hydrogens is 551 g/mol. The second kappa shape index (κ2) is 12.8. The van der Waals surface area contributed by atoms with Crippen molar-refractivity contribution in [3.8, 4) is 0 Å². The molecule has 0 aromatic heterocycles. The lowest BCUT2D eigenvalue weighted by molar-refractivity contribution is -0.139. The van der Waals surface area contributed by atoms with Crippen LogP contribution in [0, 0.1) is 5.82 Å². The third-order valence-electron chi connectivity index (χ3n) is 6.68. The maximum Gasteiger partial charge on any atom is 0.269 e. The Balaban J connectivity index is 1.42. The van der Waals surface area contributed by atoms with Crippen LogP contribution < -0.4 is 16.4 Å². The molecule has 214 valence electrons. The predicted octanol–water partition coefficient (Wildman–Crippen LogP) is 2.75. The average molecular weight is 581 g/mol. The van der Waals surface area contributed by atoms with Gasteiger partial charge in [-0.1, -0.05) is 48.0 Å². The van der Waals surface area contributed by atoms with Crippen LogP contribution in [0.1, 0.15) is 25.8 Å². The van der Waals surface area contributed by atoms with Gasteiger partial charge in [0.1, 0.15) is 12.4 Å². The molecule has 12 heteroatoms. The third-order valence-corrected chi connectivity index (χ3v) is 6.97. The summed E-state index contributed by atoms with van der Waals surface area (Å²) in [5.74, 6) is -2.64. The van der Waals surface area contributed by atoms with E-state index in [1.54, 1.807) is 56.3 Å². The van der Waals surface area contributed by atoms with Gasteiger partial charge in [0, 0.05) is 35.0 Å². The smallest absolute Gasteiger partial charge is 0.269 e. The van der Waals surface area contributed by atoms with Crippen LogP contribution in [0.15, 0.2) is 76.9 Å². The minimum atomic E-state index is -0.783. The minimum absolute atomic E-state index is 0.0294. The van der Waals surface area contributed by atoms with Gasteiger partial charge in [-0.3, -0.25) is 24.2 Å². The van der Waals surface area contributed by atoms with E-state index in [-0.39, 0.29) is 47.9 Å². The molecule has 1 atom stereocenters. The van der Waals surface area contributed by atoms with E-state index in [1.165, 1.54) is 22.0 Å². The highest BCUT2D eigenvalue weighted by Crippen LogP contribution is 2.30. The zero-order valence-corrected chi connectivity index (χ0v) is 23.3. The molecule has 4 amide bonds.